The maximum absolute atomic E-state index is 12.9. The minimum Gasteiger partial charge on any atom is -0.435 e. The van der Waals surface area contributed by atoms with Crippen LogP contribution in [0.5, 0.6) is 5.75 Å². The van der Waals surface area contributed by atoms with Crippen molar-refractivity contribution in [2.75, 3.05) is 16.7 Å². The molecule has 2 aliphatic carbocycles. The molecule has 4 rings (SSSR count). The Morgan fingerprint density at radius 1 is 1.15 bits per heavy atom. The van der Waals surface area contributed by atoms with Crippen molar-refractivity contribution in [3.05, 3.63) is 60.2 Å². The van der Waals surface area contributed by atoms with Gasteiger partial charge >= 0.3 is 6.61 Å². The number of hydrogen-bond acceptors (Lipinski definition) is 5. The van der Waals surface area contributed by atoms with Gasteiger partial charge in [-0.3, -0.25) is 4.72 Å². The van der Waals surface area contributed by atoms with Crippen LogP contribution in [-0.2, 0) is 16.6 Å². The molecule has 6 nitrogen and oxygen atoms in total. The Hall–Kier alpha value is -2.65. The van der Waals surface area contributed by atoms with Crippen molar-refractivity contribution in [2.45, 2.75) is 56.6 Å². The summed E-state index contributed by atoms with van der Waals surface area (Å²) in [7, 11) is -1.50. The Balaban J connectivity index is 1.63. The molecule has 0 aromatic heterocycles. The number of nitrogens with zero attached hydrogens (tertiary/aromatic N) is 1. The predicted molar refractivity (Wildman–Crippen MR) is 127 cm³/mol. The number of nitrogens with one attached hydrogen (secondary N) is 2. The summed E-state index contributed by atoms with van der Waals surface area (Å²) in [6.45, 7) is 1.97. The van der Waals surface area contributed by atoms with Crippen molar-refractivity contribution in [2.24, 2.45) is 0 Å². The summed E-state index contributed by atoms with van der Waals surface area (Å²) in [4.78, 5) is 2.10. The second-order valence-corrected chi connectivity index (χ2v) is 10.5. The van der Waals surface area contributed by atoms with Gasteiger partial charge in [0.05, 0.1) is 5.25 Å². The van der Waals surface area contributed by atoms with Gasteiger partial charge in [-0.25, -0.2) is 8.42 Å². The van der Waals surface area contributed by atoms with E-state index in [1.807, 2.05) is 19.2 Å². The number of rotatable bonds is 11. The SMILES string of the molecule is C=C(c1ccc(NS(=O)(=O)C2CC2)cc1)N(c1cc(OC(F)F)ccc1CNC)C1CCC1. The third-order valence-electron chi connectivity index (χ3n) is 6.08. The average molecular weight is 478 g/mol. The highest BCUT2D eigenvalue weighted by atomic mass is 32.2. The first-order valence-corrected chi connectivity index (χ1v) is 12.7. The van der Waals surface area contributed by atoms with Gasteiger partial charge in [0.2, 0.25) is 10.0 Å². The summed E-state index contributed by atoms with van der Waals surface area (Å²) in [6, 6.07) is 12.3. The summed E-state index contributed by atoms with van der Waals surface area (Å²) in [5.41, 5.74) is 3.78. The molecule has 2 aromatic rings. The van der Waals surface area contributed by atoms with Crippen molar-refractivity contribution in [3.8, 4) is 5.75 Å². The monoisotopic (exact) mass is 477 g/mol. The zero-order valence-electron chi connectivity index (χ0n) is 18.6. The van der Waals surface area contributed by atoms with E-state index in [1.165, 1.54) is 0 Å². The van der Waals surface area contributed by atoms with Crippen LogP contribution in [0, 0.1) is 0 Å². The Morgan fingerprint density at radius 2 is 1.85 bits per heavy atom. The summed E-state index contributed by atoms with van der Waals surface area (Å²) in [6.07, 6.45) is 4.42. The van der Waals surface area contributed by atoms with Gasteiger partial charge in [0.1, 0.15) is 5.75 Å². The number of alkyl halides is 2. The minimum atomic E-state index is -3.33. The van der Waals surface area contributed by atoms with Gasteiger partial charge in [-0.15, -0.1) is 0 Å². The van der Waals surface area contributed by atoms with Crippen LogP contribution in [-0.4, -0.2) is 33.4 Å². The van der Waals surface area contributed by atoms with Gasteiger partial charge in [0.15, 0.2) is 0 Å². The number of halogens is 2. The van der Waals surface area contributed by atoms with Crippen LogP contribution in [0.1, 0.15) is 43.2 Å². The van der Waals surface area contributed by atoms with Crippen LogP contribution in [0.25, 0.3) is 5.70 Å². The summed E-state index contributed by atoms with van der Waals surface area (Å²) in [5, 5.41) is 2.83. The lowest BCUT2D eigenvalue weighted by molar-refractivity contribution is -0.0498. The van der Waals surface area contributed by atoms with E-state index in [4.69, 9.17) is 0 Å². The van der Waals surface area contributed by atoms with Gasteiger partial charge in [0.25, 0.3) is 0 Å². The minimum absolute atomic E-state index is 0.0989. The first kappa shape index (κ1) is 23.5. The molecule has 0 heterocycles. The third-order valence-corrected chi connectivity index (χ3v) is 7.95. The van der Waals surface area contributed by atoms with Crippen molar-refractivity contribution in [1.29, 1.82) is 0 Å². The van der Waals surface area contributed by atoms with E-state index in [2.05, 4.69) is 26.3 Å². The molecule has 0 radical (unpaired) electrons. The number of hydrogen-bond donors (Lipinski definition) is 2. The first-order valence-electron chi connectivity index (χ1n) is 11.1. The van der Waals surface area contributed by atoms with Crippen LogP contribution in [0.15, 0.2) is 49.0 Å². The molecule has 9 heteroatoms. The fourth-order valence-electron chi connectivity index (χ4n) is 3.99. The largest absolute Gasteiger partial charge is 0.435 e. The van der Waals surface area contributed by atoms with E-state index in [1.54, 1.807) is 30.3 Å². The predicted octanol–water partition coefficient (Wildman–Crippen LogP) is 4.94. The van der Waals surface area contributed by atoms with E-state index in [9.17, 15) is 17.2 Å². The Labute approximate surface area is 193 Å². The molecule has 2 aromatic carbocycles. The van der Waals surface area contributed by atoms with Crippen LogP contribution in [0.2, 0.25) is 0 Å². The van der Waals surface area contributed by atoms with Crippen molar-refractivity contribution >= 4 is 27.1 Å². The van der Waals surface area contributed by atoms with E-state index in [0.29, 0.717) is 25.1 Å². The van der Waals surface area contributed by atoms with E-state index in [-0.39, 0.29) is 17.0 Å². The molecule has 0 bridgehead atoms. The van der Waals surface area contributed by atoms with E-state index in [0.717, 1.165) is 41.8 Å². The lowest BCUT2D eigenvalue weighted by Crippen LogP contribution is -2.39. The molecular formula is C24H29F2N3O3S. The van der Waals surface area contributed by atoms with E-state index >= 15 is 0 Å². The second kappa shape index (κ2) is 9.69. The zero-order chi connectivity index (χ0) is 23.6. The lowest BCUT2D eigenvalue weighted by Gasteiger charge is -2.41. The molecule has 33 heavy (non-hydrogen) atoms. The summed E-state index contributed by atoms with van der Waals surface area (Å²) in [5.74, 6) is 0.0989. The highest BCUT2D eigenvalue weighted by Gasteiger charge is 2.35. The molecule has 178 valence electrons. The molecule has 0 atom stereocenters. The highest BCUT2D eigenvalue weighted by Crippen LogP contribution is 2.39. The zero-order valence-corrected chi connectivity index (χ0v) is 19.4. The number of anilines is 2. The van der Waals surface area contributed by atoms with Crippen molar-refractivity contribution in [3.63, 3.8) is 0 Å². The number of benzene rings is 2. The highest BCUT2D eigenvalue weighted by molar-refractivity contribution is 7.93. The molecule has 2 aliphatic rings. The second-order valence-electron chi connectivity index (χ2n) is 8.52. The molecule has 0 saturated heterocycles. The molecule has 0 amide bonds. The molecule has 0 spiro atoms. The van der Waals surface area contributed by atoms with Gasteiger partial charge in [-0.2, -0.15) is 8.78 Å². The topological polar surface area (TPSA) is 70.7 Å². The normalized spacial score (nSPS) is 16.4. The number of sulfonamides is 1. The van der Waals surface area contributed by atoms with Gasteiger partial charge in [-0.1, -0.05) is 24.8 Å². The van der Waals surface area contributed by atoms with Crippen LogP contribution < -0.4 is 19.7 Å². The molecule has 2 saturated carbocycles. The smallest absolute Gasteiger partial charge is 0.387 e. The maximum atomic E-state index is 12.9. The van der Waals surface area contributed by atoms with Gasteiger partial charge in [-0.05, 0) is 68.5 Å². The maximum Gasteiger partial charge on any atom is 0.387 e. The van der Waals surface area contributed by atoms with Crippen molar-refractivity contribution in [1.82, 2.24) is 5.32 Å². The molecule has 0 unspecified atom stereocenters. The molecular weight excluding hydrogens is 448 g/mol. The quantitative estimate of drug-likeness (QED) is 0.480. The molecule has 2 N–H and O–H groups in total. The molecule has 0 aliphatic heterocycles. The van der Waals surface area contributed by atoms with Crippen LogP contribution in [0.3, 0.4) is 0 Å². The van der Waals surface area contributed by atoms with Crippen LogP contribution in [0.4, 0.5) is 20.2 Å². The van der Waals surface area contributed by atoms with Crippen LogP contribution >= 0.6 is 0 Å². The average Bonchev–Trinajstić information content (AvgIpc) is 3.57. The lowest BCUT2D eigenvalue weighted by atomic mass is 9.89. The molecule has 2 fully saturated rings. The number of ether oxygens (including phenoxy) is 1. The standard InChI is InChI=1S/C24H29F2N3O3S/c1-16(17-6-9-19(10-7-17)28-33(30,31)22-12-13-22)29(20-4-3-5-20)23-14-21(32-24(25)26)11-8-18(23)15-27-2/h6-11,14,20,22,24,27-28H,1,3-5,12-13,15H2,2H3. The third kappa shape index (κ3) is 5.47. The van der Waals surface area contributed by atoms with E-state index < -0.39 is 16.6 Å². The first-order chi connectivity index (χ1) is 15.8. The van der Waals surface area contributed by atoms with Crippen molar-refractivity contribution < 1.29 is 21.9 Å². The fourth-order valence-corrected chi connectivity index (χ4v) is 5.38. The summed E-state index contributed by atoms with van der Waals surface area (Å²) >= 11 is 0. The Kier molecular flexibility index (Phi) is 6.90. The Morgan fingerprint density at radius 3 is 2.39 bits per heavy atom. The van der Waals surface area contributed by atoms with Gasteiger partial charge in [0, 0.05) is 35.7 Å². The van der Waals surface area contributed by atoms with Gasteiger partial charge < -0.3 is 15.0 Å². The fraction of sp³-hybridized carbons (Fsp3) is 0.417. The summed E-state index contributed by atoms with van der Waals surface area (Å²) < 4.78 is 57.4. The Bertz CT molecular complexity index is 1100.